The van der Waals surface area contributed by atoms with Crippen molar-refractivity contribution in [1.29, 1.82) is 0 Å². The van der Waals surface area contributed by atoms with Crippen LogP contribution < -0.4 is 5.32 Å². The lowest BCUT2D eigenvalue weighted by atomic mass is 10.1. The molecule has 174 valence electrons. The molecule has 1 heterocycles. The first-order chi connectivity index (χ1) is 15.6. The van der Waals surface area contributed by atoms with Crippen molar-refractivity contribution in [2.24, 2.45) is 0 Å². The monoisotopic (exact) mass is 472 g/mol. The van der Waals surface area contributed by atoms with Crippen LogP contribution in [0.1, 0.15) is 11.1 Å². The molecule has 3 rings (SSSR count). The average Bonchev–Trinajstić information content (AvgIpc) is 3.00. The molecule has 2 unspecified atom stereocenters. The van der Waals surface area contributed by atoms with Crippen LogP contribution in [0.2, 0.25) is 5.02 Å². The molecule has 0 aliphatic carbocycles. The normalized spacial score (nSPS) is 16.7. The highest BCUT2D eigenvalue weighted by atomic mass is 35.5. The Morgan fingerprint density at radius 2 is 1.85 bits per heavy atom. The van der Waals surface area contributed by atoms with E-state index >= 15 is 0 Å². The highest BCUT2D eigenvalue weighted by Crippen LogP contribution is 2.25. The Balaban J connectivity index is 1.96. The zero-order valence-electron chi connectivity index (χ0n) is 18.7. The number of carbonyl (C=O) groups is 4. The van der Waals surface area contributed by atoms with Crippen LogP contribution in [0.5, 0.6) is 0 Å². The van der Waals surface area contributed by atoms with Gasteiger partial charge in [0, 0.05) is 27.7 Å². The first-order valence-corrected chi connectivity index (χ1v) is 10.5. The second-order valence-electron chi connectivity index (χ2n) is 7.74. The molecule has 2 aromatic rings. The lowest BCUT2D eigenvalue weighted by Crippen LogP contribution is -2.56. The number of hydrogen-bond acceptors (Lipinski definition) is 5. The number of ether oxygens (including phenoxy) is 1. The van der Waals surface area contributed by atoms with Crippen LogP contribution in [-0.4, -0.2) is 71.9 Å². The highest BCUT2D eigenvalue weighted by Gasteiger charge is 2.52. The Kier molecular flexibility index (Phi) is 7.35. The van der Waals surface area contributed by atoms with Crippen molar-refractivity contribution in [3.8, 4) is 0 Å². The summed E-state index contributed by atoms with van der Waals surface area (Å²) in [6, 6.07) is 11.6. The number of rotatable bonds is 7. The molecule has 9 nitrogen and oxygen atoms in total. The van der Waals surface area contributed by atoms with Gasteiger partial charge in [0.2, 0.25) is 6.23 Å². The Morgan fingerprint density at radius 1 is 1.18 bits per heavy atom. The van der Waals surface area contributed by atoms with Crippen molar-refractivity contribution >= 4 is 41.0 Å². The summed E-state index contributed by atoms with van der Waals surface area (Å²) in [6.45, 7) is 1.99. The number of urea groups is 1. The van der Waals surface area contributed by atoms with E-state index in [2.05, 4.69) is 5.32 Å². The number of methoxy groups -OCH3 is 1. The van der Waals surface area contributed by atoms with Crippen LogP contribution >= 0.6 is 11.6 Å². The van der Waals surface area contributed by atoms with Crippen molar-refractivity contribution < 1.29 is 23.9 Å². The van der Waals surface area contributed by atoms with Gasteiger partial charge in [-0.05, 0) is 30.2 Å². The minimum absolute atomic E-state index is 0.175. The van der Waals surface area contributed by atoms with Crippen LogP contribution in [-0.2, 0) is 25.7 Å². The molecule has 1 fully saturated rings. The molecule has 0 saturated carbocycles. The van der Waals surface area contributed by atoms with Crippen LogP contribution in [0, 0.1) is 6.92 Å². The summed E-state index contributed by atoms with van der Waals surface area (Å²) >= 11 is 6.19. The van der Waals surface area contributed by atoms with Crippen molar-refractivity contribution in [2.45, 2.75) is 25.7 Å². The van der Waals surface area contributed by atoms with Crippen LogP contribution in [0.15, 0.2) is 48.5 Å². The van der Waals surface area contributed by atoms with Gasteiger partial charge in [-0.3, -0.25) is 19.3 Å². The molecular formula is C23H25ClN4O5. The van der Waals surface area contributed by atoms with Gasteiger partial charge in [-0.25, -0.2) is 9.69 Å². The third-order valence-electron chi connectivity index (χ3n) is 5.29. The summed E-state index contributed by atoms with van der Waals surface area (Å²) in [6.07, 6.45) is -1.23. The number of carbonyl (C=O) groups excluding carboxylic acids is 4. The summed E-state index contributed by atoms with van der Waals surface area (Å²) in [7, 11) is 4.12. The number of nitrogens with zero attached hydrogens (tertiary/aromatic N) is 3. The van der Waals surface area contributed by atoms with Gasteiger partial charge in [0.1, 0.15) is 0 Å². The Morgan fingerprint density at radius 3 is 2.45 bits per heavy atom. The molecule has 1 aliphatic heterocycles. The third kappa shape index (κ3) is 4.99. The lowest BCUT2D eigenvalue weighted by Gasteiger charge is -2.28. The zero-order chi connectivity index (χ0) is 24.3. The zero-order valence-corrected chi connectivity index (χ0v) is 19.5. The van der Waals surface area contributed by atoms with Gasteiger partial charge in [-0.1, -0.05) is 48.0 Å². The van der Waals surface area contributed by atoms with Gasteiger partial charge in [0.15, 0.2) is 6.04 Å². The van der Waals surface area contributed by atoms with Gasteiger partial charge in [0.25, 0.3) is 17.7 Å². The molecule has 2 atom stereocenters. The molecule has 0 bridgehead atoms. The lowest BCUT2D eigenvalue weighted by molar-refractivity contribution is -0.149. The average molecular weight is 473 g/mol. The predicted octanol–water partition coefficient (Wildman–Crippen LogP) is 2.48. The molecule has 2 aromatic carbocycles. The number of aryl methyl sites for hydroxylation is 1. The SMILES string of the molecule is COC1C(=O)N(C(C(=O)Nc2cc(C)ccc2Cl)C(=O)N(C)Cc2ccccc2)C(=O)N1C. The minimum Gasteiger partial charge on any atom is -0.353 e. The molecule has 1 saturated heterocycles. The topological polar surface area (TPSA) is 99.3 Å². The smallest absolute Gasteiger partial charge is 0.330 e. The van der Waals surface area contributed by atoms with Gasteiger partial charge >= 0.3 is 6.03 Å². The number of nitrogens with one attached hydrogen (secondary N) is 1. The molecule has 0 radical (unpaired) electrons. The van der Waals surface area contributed by atoms with Crippen molar-refractivity contribution in [2.75, 3.05) is 26.5 Å². The molecule has 1 aliphatic rings. The molecule has 0 spiro atoms. The summed E-state index contributed by atoms with van der Waals surface area (Å²) in [4.78, 5) is 55.5. The number of benzene rings is 2. The van der Waals surface area contributed by atoms with Gasteiger partial charge < -0.3 is 15.0 Å². The fourth-order valence-electron chi connectivity index (χ4n) is 3.57. The second-order valence-corrected chi connectivity index (χ2v) is 8.15. The van der Waals surface area contributed by atoms with E-state index in [1.807, 2.05) is 37.3 Å². The molecule has 0 aromatic heterocycles. The molecule has 5 amide bonds. The van der Waals surface area contributed by atoms with Crippen molar-refractivity contribution in [3.63, 3.8) is 0 Å². The maximum atomic E-state index is 13.4. The van der Waals surface area contributed by atoms with E-state index in [1.165, 1.54) is 26.1 Å². The Labute approximate surface area is 196 Å². The van der Waals surface area contributed by atoms with E-state index < -0.39 is 36.0 Å². The second kappa shape index (κ2) is 10.0. The van der Waals surface area contributed by atoms with E-state index in [0.29, 0.717) is 4.90 Å². The molecule has 1 N–H and O–H groups in total. The van der Waals surface area contributed by atoms with E-state index in [0.717, 1.165) is 16.0 Å². The number of anilines is 1. The number of likely N-dealkylation sites (N-methyl/N-ethyl adjacent to an activating group) is 2. The summed E-state index contributed by atoms with van der Waals surface area (Å²) < 4.78 is 5.09. The van der Waals surface area contributed by atoms with Crippen molar-refractivity contribution in [3.05, 3.63) is 64.7 Å². The van der Waals surface area contributed by atoms with Crippen molar-refractivity contribution in [1.82, 2.24) is 14.7 Å². The van der Waals surface area contributed by atoms with Crippen LogP contribution in [0.3, 0.4) is 0 Å². The fourth-order valence-corrected chi connectivity index (χ4v) is 3.73. The highest BCUT2D eigenvalue weighted by molar-refractivity contribution is 6.34. The summed E-state index contributed by atoms with van der Waals surface area (Å²) in [5.41, 5.74) is 1.91. The predicted molar refractivity (Wildman–Crippen MR) is 122 cm³/mol. The quantitative estimate of drug-likeness (QED) is 0.493. The van der Waals surface area contributed by atoms with Crippen LogP contribution in [0.4, 0.5) is 10.5 Å². The molecule has 10 heteroatoms. The van der Waals surface area contributed by atoms with E-state index in [4.69, 9.17) is 16.3 Å². The Hall–Kier alpha value is -3.43. The van der Waals surface area contributed by atoms with E-state index in [-0.39, 0.29) is 17.3 Å². The minimum atomic E-state index is -1.75. The first kappa shape index (κ1) is 24.2. The van der Waals surface area contributed by atoms with E-state index in [9.17, 15) is 19.2 Å². The third-order valence-corrected chi connectivity index (χ3v) is 5.62. The molecular weight excluding hydrogens is 448 g/mol. The number of amides is 5. The Bertz CT molecular complexity index is 1080. The van der Waals surface area contributed by atoms with Crippen LogP contribution in [0.25, 0.3) is 0 Å². The van der Waals surface area contributed by atoms with Gasteiger partial charge in [-0.2, -0.15) is 0 Å². The first-order valence-electron chi connectivity index (χ1n) is 10.1. The number of hydrogen-bond donors (Lipinski definition) is 1. The number of imide groups is 1. The maximum Gasteiger partial charge on any atom is 0.330 e. The summed E-state index contributed by atoms with van der Waals surface area (Å²) in [5, 5.41) is 2.85. The van der Waals surface area contributed by atoms with E-state index in [1.54, 1.807) is 18.2 Å². The largest absolute Gasteiger partial charge is 0.353 e. The summed E-state index contributed by atoms with van der Waals surface area (Å²) in [5.74, 6) is -2.40. The van der Waals surface area contributed by atoms with Gasteiger partial charge in [0.05, 0.1) is 10.7 Å². The molecule has 33 heavy (non-hydrogen) atoms. The standard InChI is InChI=1S/C23H25ClN4O5/c1-14-10-11-16(24)17(12-14)25-19(29)18(28-21(31)22(33-4)27(3)23(28)32)20(30)26(2)13-15-8-6-5-7-9-15/h5-12,18,22H,13H2,1-4H3,(H,25,29). The maximum absolute atomic E-state index is 13.4. The van der Waals surface area contributed by atoms with Gasteiger partial charge in [-0.15, -0.1) is 0 Å². The fraction of sp³-hybridized carbons (Fsp3) is 0.304. The number of halogens is 1.